The minimum Gasteiger partial charge on any atom is -0.466 e. The third-order valence-electron chi connectivity index (χ3n) is 18.2. The summed E-state index contributed by atoms with van der Waals surface area (Å²) in [6.07, 6.45) is 93.9. The van der Waals surface area contributed by atoms with E-state index in [2.05, 4.69) is 43.5 Å². The quantitative estimate of drug-likeness (QED) is 0.0320. The molecule has 0 radical (unpaired) electrons. The van der Waals surface area contributed by atoms with Crippen LogP contribution < -0.4 is 5.32 Å². The molecule has 0 spiro atoms. The fourth-order valence-electron chi connectivity index (χ4n) is 12.3. The van der Waals surface area contributed by atoms with Crippen molar-refractivity contribution in [2.75, 3.05) is 13.2 Å². The van der Waals surface area contributed by atoms with E-state index in [1.54, 1.807) is 0 Å². The Morgan fingerprint density at radius 3 is 0.845 bits per heavy atom. The van der Waals surface area contributed by atoms with Gasteiger partial charge in [-0.15, -0.1) is 0 Å². The monoisotopic (exact) mass is 1180 g/mol. The van der Waals surface area contributed by atoms with E-state index in [0.29, 0.717) is 25.9 Å². The van der Waals surface area contributed by atoms with Crippen LogP contribution in [0.25, 0.3) is 0 Å². The molecule has 0 aliphatic carbocycles. The third-order valence-corrected chi connectivity index (χ3v) is 18.2. The molecule has 498 valence electrons. The first-order valence-corrected chi connectivity index (χ1v) is 38.6. The van der Waals surface area contributed by atoms with Crippen LogP contribution in [0.2, 0.25) is 0 Å². The molecule has 1 amide bonds. The molecule has 3 N–H and O–H groups in total. The van der Waals surface area contributed by atoms with Gasteiger partial charge in [0.05, 0.1) is 25.4 Å². The van der Waals surface area contributed by atoms with Crippen molar-refractivity contribution in [1.29, 1.82) is 0 Å². The van der Waals surface area contributed by atoms with Crippen molar-refractivity contribution in [3.63, 3.8) is 0 Å². The Morgan fingerprint density at radius 1 is 0.321 bits per heavy atom. The first-order valence-electron chi connectivity index (χ1n) is 38.6. The van der Waals surface area contributed by atoms with Crippen molar-refractivity contribution in [3.8, 4) is 0 Å². The molecule has 0 aromatic carbocycles. The maximum atomic E-state index is 12.6. The molecule has 2 unspecified atom stereocenters. The number of unbranched alkanes of at least 4 members (excludes halogenated alkanes) is 58. The van der Waals surface area contributed by atoms with Crippen molar-refractivity contribution in [3.05, 3.63) is 24.3 Å². The van der Waals surface area contributed by atoms with Gasteiger partial charge >= 0.3 is 5.97 Å². The number of amides is 1. The van der Waals surface area contributed by atoms with E-state index in [4.69, 9.17) is 4.74 Å². The summed E-state index contributed by atoms with van der Waals surface area (Å²) in [6, 6.07) is -0.543. The zero-order chi connectivity index (χ0) is 60.6. The van der Waals surface area contributed by atoms with Gasteiger partial charge < -0.3 is 20.3 Å². The lowest BCUT2D eigenvalue weighted by atomic mass is 10.0. The summed E-state index contributed by atoms with van der Waals surface area (Å²) in [5.41, 5.74) is 0. The molecule has 0 aromatic rings. The maximum Gasteiger partial charge on any atom is 0.305 e. The number of nitrogens with one attached hydrogen (secondary N) is 1. The van der Waals surface area contributed by atoms with Gasteiger partial charge in [-0.25, -0.2) is 0 Å². The van der Waals surface area contributed by atoms with E-state index in [1.165, 1.54) is 360 Å². The molecule has 0 saturated heterocycles. The Hall–Kier alpha value is -1.66. The number of allylic oxidation sites excluding steroid dienone is 4. The highest BCUT2D eigenvalue weighted by Gasteiger charge is 2.20. The molecular formula is C78H151NO5. The molecule has 6 heteroatoms. The second-order valence-corrected chi connectivity index (χ2v) is 26.7. The van der Waals surface area contributed by atoms with Crippen molar-refractivity contribution in [2.45, 2.75) is 450 Å². The lowest BCUT2D eigenvalue weighted by Gasteiger charge is -2.22. The predicted octanol–water partition coefficient (Wildman–Crippen LogP) is 25.3. The summed E-state index contributed by atoms with van der Waals surface area (Å²) >= 11 is 0. The fourth-order valence-corrected chi connectivity index (χ4v) is 12.3. The second-order valence-electron chi connectivity index (χ2n) is 26.7. The molecule has 2 atom stereocenters. The minimum atomic E-state index is -0.666. The average molecular weight is 1180 g/mol. The standard InChI is InChI=1S/C78H151NO5/c1-3-5-7-9-11-13-15-17-19-21-23-24-32-35-38-42-46-50-54-58-62-66-70-76(81)75(74-80)79-77(82)71-67-63-59-55-51-47-43-39-36-33-30-28-26-25-27-29-31-34-37-41-45-49-53-57-61-65-69-73-84-78(83)72-68-64-60-56-52-48-44-40-22-20-18-16-14-12-10-8-6-4-2/h20,22,25-26,75-76,80-81H,3-19,21,23-24,27-74H2,1-2H3,(H,79,82)/b22-20-,26-25-. The van der Waals surface area contributed by atoms with E-state index in [0.717, 1.165) is 44.9 Å². The number of carbonyl (C=O) groups is 2. The van der Waals surface area contributed by atoms with Crippen molar-refractivity contribution < 1.29 is 24.5 Å². The van der Waals surface area contributed by atoms with E-state index < -0.39 is 12.1 Å². The number of rotatable bonds is 73. The highest BCUT2D eigenvalue weighted by Crippen LogP contribution is 2.20. The van der Waals surface area contributed by atoms with Gasteiger partial charge in [0.1, 0.15) is 0 Å². The smallest absolute Gasteiger partial charge is 0.305 e. The van der Waals surface area contributed by atoms with Gasteiger partial charge in [-0.3, -0.25) is 9.59 Å². The molecule has 0 saturated carbocycles. The van der Waals surface area contributed by atoms with Gasteiger partial charge in [-0.05, 0) is 77.0 Å². The van der Waals surface area contributed by atoms with Gasteiger partial charge in [-0.2, -0.15) is 0 Å². The van der Waals surface area contributed by atoms with Crippen LogP contribution in [0.3, 0.4) is 0 Å². The van der Waals surface area contributed by atoms with Crippen LogP contribution in [0.15, 0.2) is 24.3 Å². The van der Waals surface area contributed by atoms with Crippen LogP contribution in [0.4, 0.5) is 0 Å². The van der Waals surface area contributed by atoms with Crippen LogP contribution >= 0.6 is 0 Å². The van der Waals surface area contributed by atoms with Crippen LogP contribution in [0, 0.1) is 0 Å². The summed E-state index contributed by atoms with van der Waals surface area (Å²) in [5, 5.41) is 23.5. The Labute approximate surface area is 526 Å². The molecule has 0 aliphatic heterocycles. The van der Waals surface area contributed by atoms with Crippen molar-refractivity contribution in [2.24, 2.45) is 0 Å². The Morgan fingerprint density at radius 2 is 0.560 bits per heavy atom. The Kier molecular flexibility index (Phi) is 72.3. The summed E-state index contributed by atoms with van der Waals surface area (Å²) < 4.78 is 5.51. The summed E-state index contributed by atoms with van der Waals surface area (Å²) in [7, 11) is 0. The van der Waals surface area contributed by atoms with Crippen molar-refractivity contribution in [1.82, 2.24) is 5.32 Å². The first-order chi connectivity index (χ1) is 41.5. The topological polar surface area (TPSA) is 95.9 Å². The summed E-state index contributed by atoms with van der Waals surface area (Å²) in [4.78, 5) is 24.7. The molecule has 0 fully saturated rings. The zero-order valence-electron chi connectivity index (χ0n) is 57.2. The summed E-state index contributed by atoms with van der Waals surface area (Å²) in [6.45, 7) is 5.00. The lowest BCUT2D eigenvalue weighted by molar-refractivity contribution is -0.143. The van der Waals surface area contributed by atoms with Crippen molar-refractivity contribution >= 4 is 11.9 Å². The molecule has 84 heavy (non-hydrogen) atoms. The Bertz CT molecular complexity index is 1320. The van der Waals surface area contributed by atoms with Gasteiger partial charge in [0.2, 0.25) is 5.91 Å². The largest absolute Gasteiger partial charge is 0.466 e. The van der Waals surface area contributed by atoms with E-state index in [9.17, 15) is 19.8 Å². The highest BCUT2D eigenvalue weighted by atomic mass is 16.5. The molecule has 0 rings (SSSR count). The molecule has 0 aliphatic rings. The molecule has 0 aromatic heterocycles. The van der Waals surface area contributed by atoms with Crippen LogP contribution in [0.5, 0.6) is 0 Å². The highest BCUT2D eigenvalue weighted by molar-refractivity contribution is 5.76. The second kappa shape index (κ2) is 73.8. The number of esters is 1. The number of aliphatic hydroxyl groups is 2. The van der Waals surface area contributed by atoms with Crippen LogP contribution in [0.1, 0.15) is 438 Å². The number of carbonyl (C=O) groups excluding carboxylic acids is 2. The van der Waals surface area contributed by atoms with Crippen LogP contribution in [-0.2, 0) is 14.3 Å². The fraction of sp³-hybridized carbons (Fsp3) is 0.923. The van der Waals surface area contributed by atoms with E-state index in [-0.39, 0.29) is 18.5 Å². The predicted molar refractivity (Wildman–Crippen MR) is 370 cm³/mol. The SMILES string of the molecule is CCCCCCCCC/C=C\CCCCCCCCCC(=O)OCCCCCCCCCCCCCC/C=C\CCCCCCCCCCCCCC(=O)NC(CO)C(O)CCCCCCCCCCCCCCCCCCCCCCCC. The molecule has 0 heterocycles. The Balaban J connectivity index is 3.37. The number of hydrogen-bond donors (Lipinski definition) is 3. The third kappa shape index (κ3) is 69.4. The maximum absolute atomic E-state index is 12.6. The van der Waals surface area contributed by atoms with Crippen LogP contribution in [-0.4, -0.2) is 47.4 Å². The molecule has 0 bridgehead atoms. The lowest BCUT2D eigenvalue weighted by Crippen LogP contribution is -2.45. The number of hydrogen-bond acceptors (Lipinski definition) is 5. The van der Waals surface area contributed by atoms with Gasteiger partial charge in [0.25, 0.3) is 0 Å². The normalized spacial score (nSPS) is 12.6. The number of ether oxygens (including phenoxy) is 1. The zero-order valence-corrected chi connectivity index (χ0v) is 57.2. The van der Waals surface area contributed by atoms with Gasteiger partial charge in [0.15, 0.2) is 0 Å². The molecule has 6 nitrogen and oxygen atoms in total. The minimum absolute atomic E-state index is 0.0134. The van der Waals surface area contributed by atoms with Gasteiger partial charge in [0, 0.05) is 12.8 Å². The molecular weight excluding hydrogens is 1030 g/mol. The van der Waals surface area contributed by atoms with E-state index in [1.807, 2.05) is 0 Å². The average Bonchev–Trinajstić information content (AvgIpc) is 3.51. The first kappa shape index (κ1) is 82.3. The van der Waals surface area contributed by atoms with Gasteiger partial charge in [-0.1, -0.05) is 372 Å². The number of aliphatic hydroxyl groups excluding tert-OH is 2. The summed E-state index contributed by atoms with van der Waals surface area (Å²) in [5.74, 6) is -0.0174. The van der Waals surface area contributed by atoms with E-state index >= 15 is 0 Å².